The molecule has 0 radical (unpaired) electrons. The van der Waals surface area contributed by atoms with Crippen LogP contribution in [0.4, 0.5) is 11.4 Å². The molecule has 35 heavy (non-hydrogen) atoms. The number of hydrogen-bond donors (Lipinski definition) is 2. The molecular weight excluding hydrogens is 623 g/mol. The number of phenols is 2. The fourth-order valence-electron chi connectivity index (χ4n) is 3.47. The van der Waals surface area contributed by atoms with Gasteiger partial charge < -0.3 is 19.0 Å². The van der Waals surface area contributed by atoms with Crippen molar-refractivity contribution in [3.63, 3.8) is 0 Å². The number of nitrogens with zero attached hydrogens (tertiary/aromatic N) is 2. The summed E-state index contributed by atoms with van der Waals surface area (Å²) in [6.45, 7) is 0. The van der Waals surface area contributed by atoms with Gasteiger partial charge in [0.05, 0.1) is 23.9 Å². The maximum absolute atomic E-state index is 10.3. The van der Waals surface area contributed by atoms with Gasteiger partial charge in [0.15, 0.2) is 0 Å². The molecule has 2 N–H and O–H groups in total. The first kappa shape index (κ1) is 24.0. The average molecular weight is 644 g/mol. The Balaban J connectivity index is 0.00000289. The SMILES string of the molecule is Oc1ccc(-c2ccco2)cc1C=Nc1ccccc1N=Cc1cc(-c2ccco2)ccc1O.[Pt]. The van der Waals surface area contributed by atoms with E-state index in [1.165, 1.54) is 0 Å². The van der Waals surface area contributed by atoms with Gasteiger partial charge in [0.2, 0.25) is 0 Å². The molecule has 3 aromatic carbocycles. The van der Waals surface area contributed by atoms with Crippen molar-refractivity contribution in [2.24, 2.45) is 9.98 Å². The molecule has 0 fully saturated rings. The predicted molar refractivity (Wildman–Crippen MR) is 133 cm³/mol. The maximum Gasteiger partial charge on any atom is 0.133 e. The second-order valence-electron chi connectivity index (χ2n) is 7.51. The first-order valence-electron chi connectivity index (χ1n) is 10.6. The van der Waals surface area contributed by atoms with Crippen LogP contribution in [0.5, 0.6) is 11.5 Å². The van der Waals surface area contributed by atoms with Crippen LogP contribution in [0.15, 0.2) is 116 Å². The van der Waals surface area contributed by atoms with E-state index in [4.69, 9.17) is 8.83 Å². The Morgan fingerprint density at radius 2 is 1.03 bits per heavy atom. The van der Waals surface area contributed by atoms with Crippen LogP contribution in [0, 0.1) is 0 Å². The smallest absolute Gasteiger partial charge is 0.133 e. The number of para-hydroxylation sites is 2. The Kier molecular flexibility index (Phi) is 7.44. The minimum Gasteiger partial charge on any atom is -0.507 e. The zero-order valence-electron chi connectivity index (χ0n) is 18.3. The Hall–Kier alpha value is -4.15. The van der Waals surface area contributed by atoms with Gasteiger partial charge in [-0.15, -0.1) is 0 Å². The summed E-state index contributed by atoms with van der Waals surface area (Å²) in [7, 11) is 0. The van der Waals surface area contributed by atoms with Gasteiger partial charge >= 0.3 is 0 Å². The van der Waals surface area contributed by atoms with Crippen molar-refractivity contribution in [3.8, 4) is 34.1 Å². The number of phenolic OH excluding ortho intramolecular Hbond substituents is 2. The molecule has 6 nitrogen and oxygen atoms in total. The second-order valence-corrected chi connectivity index (χ2v) is 7.51. The summed E-state index contributed by atoms with van der Waals surface area (Å²) < 4.78 is 10.9. The Bertz CT molecular complexity index is 1360. The summed E-state index contributed by atoms with van der Waals surface area (Å²) >= 11 is 0. The standard InChI is InChI=1S/C28H20N2O4.Pt/c31-25-11-9-19(27-7-3-13-33-27)15-21(25)17-29-23-5-1-2-6-24(23)30-18-22-16-20(10-12-26(22)32)28-8-4-14-34-28;/h1-18,31-32H;. The molecule has 2 heterocycles. The van der Waals surface area contributed by atoms with Gasteiger partial charge in [0.1, 0.15) is 23.0 Å². The monoisotopic (exact) mass is 643 g/mol. The normalized spacial score (nSPS) is 11.2. The molecule has 2 aromatic heterocycles. The van der Waals surface area contributed by atoms with Crippen molar-refractivity contribution in [1.29, 1.82) is 0 Å². The molecule has 0 saturated heterocycles. The molecule has 176 valence electrons. The molecule has 5 rings (SSSR count). The van der Waals surface area contributed by atoms with Gasteiger partial charge in [0.25, 0.3) is 0 Å². The first-order chi connectivity index (χ1) is 16.7. The van der Waals surface area contributed by atoms with Crippen molar-refractivity contribution in [1.82, 2.24) is 0 Å². The fraction of sp³-hybridized carbons (Fsp3) is 0. The summed E-state index contributed by atoms with van der Waals surface area (Å²) in [5.74, 6) is 1.63. The van der Waals surface area contributed by atoms with E-state index in [0.29, 0.717) is 34.0 Å². The predicted octanol–water partition coefficient (Wildman–Crippen LogP) is 7.12. The zero-order chi connectivity index (χ0) is 23.3. The van der Waals surface area contributed by atoms with Crippen LogP contribution in [0.3, 0.4) is 0 Å². The average Bonchev–Trinajstić information content (AvgIpc) is 3.58. The zero-order valence-corrected chi connectivity index (χ0v) is 20.6. The number of rotatable bonds is 6. The molecule has 0 aliphatic rings. The second kappa shape index (κ2) is 10.8. The van der Waals surface area contributed by atoms with Crippen LogP contribution in [0.25, 0.3) is 22.6 Å². The first-order valence-corrected chi connectivity index (χ1v) is 10.6. The van der Waals surface area contributed by atoms with Crippen LogP contribution in [-0.2, 0) is 21.1 Å². The topological polar surface area (TPSA) is 91.5 Å². The fourth-order valence-corrected chi connectivity index (χ4v) is 3.47. The molecule has 0 aliphatic carbocycles. The molecule has 0 atom stereocenters. The molecular formula is C28H20N2O4Pt. The largest absolute Gasteiger partial charge is 0.507 e. The van der Waals surface area contributed by atoms with Gasteiger partial charge in [-0.05, 0) is 72.8 Å². The Labute approximate surface area is 216 Å². The summed E-state index contributed by atoms with van der Waals surface area (Å²) in [6.07, 6.45) is 6.38. The van der Waals surface area contributed by atoms with E-state index in [0.717, 1.165) is 11.1 Å². The summed E-state index contributed by atoms with van der Waals surface area (Å²) in [6, 6.07) is 25.1. The van der Waals surface area contributed by atoms with Crippen LogP contribution in [-0.4, -0.2) is 22.6 Å². The van der Waals surface area contributed by atoms with E-state index in [-0.39, 0.29) is 32.6 Å². The maximum atomic E-state index is 10.3. The third-order valence-corrected chi connectivity index (χ3v) is 5.23. The number of aliphatic imine (C=N–C) groups is 2. The van der Waals surface area contributed by atoms with Crippen molar-refractivity contribution in [2.75, 3.05) is 0 Å². The molecule has 0 bridgehead atoms. The van der Waals surface area contributed by atoms with E-state index < -0.39 is 0 Å². The van der Waals surface area contributed by atoms with Gasteiger partial charge in [-0.2, -0.15) is 0 Å². The van der Waals surface area contributed by atoms with Gasteiger partial charge in [-0.1, -0.05) is 12.1 Å². The van der Waals surface area contributed by atoms with E-state index in [2.05, 4.69) is 9.98 Å². The van der Waals surface area contributed by atoms with Crippen molar-refractivity contribution in [2.45, 2.75) is 0 Å². The van der Waals surface area contributed by atoms with E-state index in [9.17, 15) is 10.2 Å². The summed E-state index contributed by atoms with van der Waals surface area (Å²) in [4.78, 5) is 9.09. The number of hydrogen-bond acceptors (Lipinski definition) is 6. The third kappa shape index (κ3) is 5.50. The van der Waals surface area contributed by atoms with Crippen molar-refractivity contribution in [3.05, 3.63) is 109 Å². The van der Waals surface area contributed by atoms with Gasteiger partial charge in [0, 0.05) is 55.7 Å². The Morgan fingerprint density at radius 3 is 1.43 bits per heavy atom. The number of aromatic hydroxyl groups is 2. The molecule has 0 amide bonds. The van der Waals surface area contributed by atoms with Crippen LogP contribution < -0.4 is 0 Å². The molecule has 0 spiro atoms. The molecule has 7 heteroatoms. The van der Waals surface area contributed by atoms with Gasteiger partial charge in [-0.3, -0.25) is 9.98 Å². The van der Waals surface area contributed by atoms with Crippen molar-refractivity contribution < 1.29 is 40.1 Å². The molecule has 5 aromatic rings. The van der Waals surface area contributed by atoms with Crippen molar-refractivity contribution >= 4 is 23.8 Å². The molecule has 0 aliphatic heterocycles. The molecule has 0 unspecified atom stereocenters. The molecule has 0 saturated carbocycles. The summed E-state index contributed by atoms with van der Waals surface area (Å²) in [5.41, 5.74) is 4.00. The van der Waals surface area contributed by atoms with Gasteiger partial charge in [-0.25, -0.2) is 0 Å². The summed E-state index contributed by atoms with van der Waals surface area (Å²) in [5, 5.41) is 20.6. The van der Waals surface area contributed by atoms with Crippen LogP contribution in [0.1, 0.15) is 11.1 Å². The number of benzene rings is 3. The van der Waals surface area contributed by atoms with E-state index >= 15 is 0 Å². The minimum absolute atomic E-state index is 0. The van der Waals surface area contributed by atoms with Crippen LogP contribution in [0.2, 0.25) is 0 Å². The quantitative estimate of drug-likeness (QED) is 0.193. The third-order valence-electron chi connectivity index (χ3n) is 5.23. The van der Waals surface area contributed by atoms with Crippen LogP contribution >= 0.6 is 0 Å². The minimum atomic E-state index is 0. The Morgan fingerprint density at radius 1 is 0.571 bits per heavy atom. The van der Waals surface area contributed by atoms with E-state index in [1.807, 2.05) is 60.7 Å². The van der Waals surface area contributed by atoms with E-state index in [1.54, 1.807) is 49.2 Å². The number of furan rings is 2.